The van der Waals surface area contributed by atoms with Crippen LogP contribution in [0.25, 0.3) is 0 Å². The zero-order valence-electron chi connectivity index (χ0n) is 17.6. The lowest BCUT2D eigenvalue weighted by atomic mass is 10.1. The van der Waals surface area contributed by atoms with E-state index >= 15 is 0 Å². The molecule has 1 fully saturated rings. The van der Waals surface area contributed by atoms with Gasteiger partial charge >= 0.3 is 11.9 Å². The van der Waals surface area contributed by atoms with Crippen LogP contribution < -0.4 is 0 Å². The monoisotopic (exact) mass is 476 g/mol. The van der Waals surface area contributed by atoms with Crippen LogP contribution in [0, 0.1) is 10.1 Å². The van der Waals surface area contributed by atoms with Crippen LogP contribution in [0.15, 0.2) is 47.4 Å². The van der Waals surface area contributed by atoms with Crippen molar-refractivity contribution in [1.82, 2.24) is 4.31 Å². The van der Waals surface area contributed by atoms with Crippen LogP contribution in [-0.4, -0.2) is 62.2 Å². The van der Waals surface area contributed by atoms with Crippen LogP contribution in [0.3, 0.4) is 0 Å². The quantitative estimate of drug-likeness (QED) is 0.242. The van der Waals surface area contributed by atoms with Gasteiger partial charge in [-0.3, -0.25) is 14.9 Å². The summed E-state index contributed by atoms with van der Waals surface area (Å²) in [6.07, 6.45) is 1.60. The number of hydrogen-bond donors (Lipinski definition) is 0. The minimum absolute atomic E-state index is 0.0601. The van der Waals surface area contributed by atoms with Gasteiger partial charge in [-0.15, -0.1) is 0 Å². The maximum Gasteiger partial charge on any atom is 0.338 e. The largest absolute Gasteiger partial charge is 0.465 e. The highest BCUT2D eigenvalue weighted by atomic mass is 32.2. The molecule has 11 nitrogen and oxygen atoms in total. The number of rotatable bonds is 8. The Hall–Kier alpha value is -3.64. The number of nitrogens with zero attached hydrogens (tertiary/aromatic N) is 2. The number of methoxy groups -OCH3 is 1. The van der Waals surface area contributed by atoms with Crippen LogP contribution in [0.2, 0.25) is 0 Å². The van der Waals surface area contributed by atoms with E-state index in [1.54, 1.807) is 0 Å². The van der Waals surface area contributed by atoms with Crippen LogP contribution in [-0.2, 0) is 19.5 Å². The Labute approximate surface area is 189 Å². The van der Waals surface area contributed by atoms with E-state index in [1.165, 1.54) is 28.6 Å². The Kier molecular flexibility index (Phi) is 7.19. The van der Waals surface area contributed by atoms with E-state index in [0.29, 0.717) is 13.1 Å². The van der Waals surface area contributed by atoms with Gasteiger partial charge in [-0.25, -0.2) is 18.0 Å². The molecule has 0 unspecified atom stereocenters. The molecule has 0 atom stereocenters. The molecule has 0 aromatic heterocycles. The van der Waals surface area contributed by atoms with Gasteiger partial charge in [0.05, 0.1) is 28.1 Å². The smallest absolute Gasteiger partial charge is 0.338 e. The normalized spacial score (nSPS) is 14.0. The molecule has 2 aromatic rings. The molecule has 1 aliphatic heterocycles. The summed E-state index contributed by atoms with van der Waals surface area (Å²) in [5.74, 6) is -2.54. The third-order valence-electron chi connectivity index (χ3n) is 5.00. The Morgan fingerprint density at radius 1 is 0.970 bits per heavy atom. The van der Waals surface area contributed by atoms with Crippen molar-refractivity contribution in [3.05, 3.63) is 69.3 Å². The number of Topliss-reactive ketones (excluding diaryl/α,β-unsaturated/α-hetero) is 1. The Bertz CT molecular complexity index is 1200. The minimum atomic E-state index is -3.62. The van der Waals surface area contributed by atoms with Gasteiger partial charge in [0.25, 0.3) is 5.69 Å². The number of ketones is 1. The predicted octanol–water partition coefficient (Wildman–Crippen LogP) is 2.21. The SMILES string of the molecule is COC(=O)c1cc(C(=O)OCC(=O)c2ccc(S(=O)(=O)N3CCCC3)cc2)cc([N+](=O)[O-])c1. The second kappa shape index (κ2) is 9.88. The maximum atomic E-state index is 12.6. The number of esters is 2. The molecule has 12 heteroatoms. The number of non-ortho nitro benzene ring substituents is 1. The average molecular weight is 476 g/mol. The van der Waals surface area contributed by atoms with Crippen molar-refractivity contribution in [2.24, 2.45) is 0 Å². The standard InChI is InChI=1S/C21H20N2O9S/c1-31-20(25)15-10-16(12-17(11-15)23(27)28)21(26)32-13-19(24)14-4-6-18(7-5-14)33(29,30)22-8-2-3-9-22/h4-7,10-12H,2-3,8-9,13H2,1H3. The number of benzene rings is 2. The van der Waals surface area contributed by atoms with E-state index in [9.17, 15) is 32.9 Å². The van der Waals surface area contributed by atoms with Crippen LogP contribution in [0.4, 0.5) is 5.69 Å². The first-order valence-electron chi connectivity index (χ1n) is 9.82. The fraction of sp³-hybridized carbons (Fsp3) is 0.286. The van der Waals surface area contributed by atoms with Crippen LogP contribution in [0.5, 0.6) is 0 Å². The topological polar surface area (TPSA) is 150 Å². The molecule has 2 aromatic carbocycles. The van der Waals surface area contributed by atoms with Gasteiger partial charge < -0.3 is 9.47 Å². The lowest BCUT2D eigenvalue weighted by molar-refractivity contribution is -0.384. The average Bonchev–Trinajstić information content (AvgIpc) is 3.37. The first kappa shape index (κ1) is 24.0. The molecular formula is C21H20N2O9S. The van der Waals surface area contributed by atoms with Gasteiger partial charge in [0, 0.05) is 30.8 Å². The predicted molar refractivity (Wildman–Crippen MR) is 113 cm³/mol. The minimum Gasteiger partial charge on any atom is -0.465 e. The number of nitro benzene ring substituents is 1. The summed E-state index contributed by atoms with van der Waals surface area (Å²) < 4.78 is 35.9. The molecule has 1 saturated heterocycles. The number of carbonyl (C=O) groups is 3. The van der Waals surface area contributed by atoms with E-state index in [2.05, 4.69) is 4.74 Å². The van der Waals surface area contributed by atoms with E-state index in [1.807, 2.05) is 0 Å². The number of ether oxygens (including phenoxy) is 2. The zero-order valence-corrected chi connectivity index (χ0v) is 18.4. The van der Waals surface area contributed by atoms with Crippen molar-refractivity contribution in [2.75, 3.05) is 26.8 Å². The van der Waals surface area contributed by atoms with E-state index < -0.39 is 45.0 Å². The summed E-state index contributed by atoms with van der Waals surface area (Å²) in [6.45, 7) is 0.218. The van der Waals surface area contributed by atoms with Crippen molar-refractivity contribution in [1.29, 1.82) is 0 Å². The molecule has 0 radical (unpaired) electrons. The summed E-state index contributed by atoms with van der Waals surface area (Å²) in [6, 6.07) is 8.19. The maximum absolute atomic E-state index is 12.6. The second-order valence-electron chi connectivity index (χ2n) is 7.15. The number of carbonyl (C=O) groups excluding carboxylic acids is 3. The molecule has 0 aliphatic carbocycles. The lowest BCUT2D eigenvalue weighted by Crippen LogP contribution is -2.27. The molecule has 174 valence electrons. The van der Waals surface area contributed by atoms with Crippen molar-refractivity contribution in [3.8, 4) is 0 Å². The fourth-order valence-electron chi connectivity index (χ4n) is 3.26. The lowest BCUT2D eigenvalue weighted by Gasteiger charge is -2.15. The highest BCUT2D eigenvalue weighted by Gasteiger charge is 2.27. The number of sulfonamides is 1. The third-order valence-corrected chi connectivity index (χ3v) is 6.91. The highest BCUT2D eigenvalue weighted by molar-refractivity contribution is 7.89. The molecule has 0 saturated carbocycles. The Morgan fingerprint density at radius 3 is 2.09 bits per heavy atom. The Balaban J connectivity index is 1.69. The molecule has 0 bridgehead atoms. The van der Waals surface area contributed by atoms with Gasteiger partial charge in [-0.05, 0) is 43.2 Å². The van der Waals surface area contributed by atoms with Gasteiger partial charge in [0.15, 0.2) is 12.4 Å². The first-order valence-corrected chi connectivity index (χ1v) is 11.3. The summed E-state index contributed by atoms with van der Waals surface area (Å²) in [7, 11) is -2.54. The zero-order chi connectivity index (χ0) is 24.2. The molecular weight excluding hydrogens is 456 g/mol. The molecule has 33 heavy (non-hydrogen) atoms. The Morgan fingerprint density at radius 2 is 1.55 bits per heavy atom. The molecule has 0 N–H and O–H groups in total. The molecule has 3 rings (SSSR count). The highest BCUT2D eigenvalue weighted by Crippen LogP contribution is 2.22. The third kappa shape index (κ3) is 5.41. The van der Waals surface area contributed by atoms with Gasteiger partial charge in [-0.1, -0.05) is 0 Å². The van der Waals surface area contributed by atoms with Crippen molar-refractivity contribution >= 4 is 33.4 Å². The van der Waals surface area contributed by atoms with Crippen molar-refractivity contribution in [2.45, 2.75) is 17.7 Å². The summed E-state index contributed by atoms with van der Waals surface area (Å²) in [5, 5.41) is 11.1. The van der Waals surface area contributed by atoms with Crippen LogP contribution in [0.1, 0.15) is 43.9 Å². The summed E-state index contributed by atoms with van der Waals surface area (Å²) in [4.78, 5) is 46.7. The second-order valence-corrected chi connectivity index (χ2v) is 9.09. The summed E-state index contributed by atoms with van der Waals surface area (Å²) >= 11 is 0. The van der Waals surface area contributed by atoms with Gasteiger partial charge in [-0.2, -0.15) is 4.31 Å². The van der Waals surface area contributed by atoms with E-state index in [-0.39, 0.29) is 21.6 Å². The number of hydrogen-bond acceptors (Lipinski definition) is 9. The van der Waals surface area contributed by atoms with Crippen LogP contribution >= 0.6 is 0 Å². The molecule has 1 heterocycles. The number of nitro groups is 1. The van der Waals surface area contributed by atoms with Gasteiger partial charge in [0.1, 0.15) is 0 Å². The first-order chi connectivity index (χ1) is 15.6. The van der Waals surface area contributed by atoms with E-state index in [4.69, 9.17) is 4.74 Å². The molecule has 0 amide bonds. The molecule has 1 aliphatic rings. The fourth-order valence-corrected chi connectivity index (χ4v) is 4.78. The summed E-state index contributed by atoms with van der Waals surface area (Å²) in [5.41, 5.74) is -0.923. The van der Waals surface area contributed by atoms with E-state index in [0.717, 1.165) is 38.2 Å². The van der Waals surface area contributed by atoms with Crippen molar-refractivity contribution < 1.29 is 37.2 Å². The van der Waals surface area contributed by atoms with Gasteiger partial charge in [0.2, 0.25) is 10.0 Å². The molecule has 0 spiro atoms. The van der Waals surface area contributed by atoms with Crippen molar-refractivity contribution in [3.63, 3.8) is 0 Å².